The molecule has 17 nitrogen and oxygen atoms in total. The van der Waals surface area contributed by atoms with E-state index in [9.17, 15) is 29.1 Å². The molecule has 4 amide bonds. The summed E-state index contributed by atoms with van der Waals surface area (Å²) in [7, 11) is 0. The van der Waals surface area contributed by atoms with Gasteiger partial charge < -0.3 is 55.0 Å². The lowest BCUT2D eigenvalue weighted by Crippen LogP contribution is -2.56. The quantitative estimate of drug-likeness (QED) is 0.0469. The summed E-state index contributed by atoms with van der Waals surface area (Å²) >= 11 is 0. The van der Waals surface area contributed by atoms with Crippen LogP contribution in [0.2, 0.25) is 0 Å². The minimum Gasteiger partial charge on any atom is -0.480 e. The molecular formula is C22H41N11O6. The molecule has 0 saturated carbocycles. The van der Waals surface area contributed by atoms with Crippen molar-refractivity contribution >= 4 is 41.5 Å². The van der Waals surface area contributed by atoms with Gasteiger partial charge in [-0.1, -0.05) is 0 Å². The van der Waals surface area contributed by atoms with Crippen LogP contribution in [0.25, 0.3) is 0 Å². The first-order valence-electron chi connectivity index (χ1n) is 12.6. The molecule has 1 aliphatic heterocycles. The van der Waals surface area contributed by atoms with Crippen LogP contribution in [0.5, 0.6) is 0 Å². The van der Waals surface area contributed by atoms with E-state index in [2.05, 4.69) is 20.6 Å². The molecule has 39 heavy (non-hydrogen) atoms. The molecular weight excluding hydrogens is 514 g/mol. The van der Waals surface area contributed by atoms with Gasteiger partial charge in [0.05, 0.1) is 6.04 Å². The summed E-state index contributed by atoms with van der Waals surface area (Å²) in [6.45, 7) is 0.624. The SMILES string of the molecule is NC(=O)CCC(N)C(=O)N1CCCC1C(=O)NC(CCCN=C(N)N)C(=O)NC(CCCN=C(N)N)C(=O)O. The standard InChI is InChI=1S/C22H41N11O6/c23-12(7-8-16(24)34)19(37)33-11-3-6-15(33)18(36)31-13(4-1-9-29-21(25)26)17(35)32-14(20(38)39)5-2-10-30-22(27)28/h12-15H,1-11,23H2,(H2,24,34)(H,31,36)(H,32,35)(H,38,39)(H4,25,26,29)(H4,27,28,30). The highest BCUT2D eigenvalue weighted by atomic mass is 16.4. The Labute approximate surface area is 226 Å². The third kappa shape index (κ3) is 12.3. The van der Waals surface area contributed by atoms with Gasteiger partial charge in [-0.25, -0.2) is 4.79 Å². The van der Waals surface area contributed by atoms with Crippen molar-refractivity contribution in [3.05, 3.63) is 0 Å². The molecule has 4 atom stereocenters. The van der Waals surface area contributed by atoms with E-state index < -0.39 is 53.8 Å². The molecule has 1 rings (SSSR count). The first-order chi connectivity index (χ1) is 18.3. The minimum absolute atomic E-state index is 0.0363. The predicted octanol–water partition coefficient (Wildman–Crippen LogP) is -4.27. The molecule has 0 spiro atoms. The van der Waals surface area contributed by atoms with Crippen LogP contribution in [0.4, 0.5) is 0 Å². The fraction of sp³-hybridized carbons (Fsp3) is 0.682. The lowest BCUT2D eigenvalue weighted by molar-refractivity contribution is -0.143. The Morgan fingerprint density at radius 3 is 1.95 bits per heavy atom. The van der Waals surface area contributed by atoms with Crippen LogP contribution in [0, 0.1) is 0 Å². The monoisotopic (exact) mass is 555 g/mol. The van der Waals surface area contributed by atoms with Crippen LogP contribution in [0.15, 0.2) is 9.98 Å². The number of carboxylic acid groups (broad SMARTS) is 1. The van der Waals surface area contributed by atoms with Gasteiger partial charge in [-0.05, 0) is 44.9 Å². The summed E-state index contributed by atoms with van der Waals surface area (Å²) in [5, 5.41) is 14.6. The fourth-order valence-electron chi connectivity index (χ4n) is 4.01. The van der Waals surface area contributed by atoms with Gasteiger partial charge in [0.15, 0.2) is 11.9 Å². The van der Waals surface area contributed by atoms with Gasteiger partial charge in [0.2, 0.25) is 23.6 Å². The van der Waals surface area contributed by atoms with Crippen LogP contribution < -0.4 is 45.0 Å². The summed E-state index contributed by atoms with van der Waals surface area (Å²) in [5.41, 5.74) is 32.2. The van der Waals surface area contributed by atoms with Gasteiger partial charge >= 0.3 is 5.97 Å². The molecule has 1 aliphatic rings. The molecule has 1 heterocycles. The minimum atomic E-state index is -1.27. The maximum Gasteiger partial charge on any atom is 0.326 e. The molecule has 0 aromatic rings. The number of carbonyl (C=O) groups is 5. The summed E-state index contributed by atoms with van der Waals surface area (Å²) in [6.07, 6.45) is 1.54. The molecule has 1 fully saturated rings. The van der Waals surface area contributed by atoms with Crippen molar-refractivity contribution in [1.29, 1.82) is 0 Å². The number of nitrogens with zero attached hydrogens (tertiary/aromatic N) is 3. The topological polar surface area (TPSA) is 314 Å². The highest BCUT2D eigenvalue weighted by Gasteiger charge is 2.37. The number of nitrogens with two attached hydrogens (primary N) is 6. The third-order valence-corrected chi connectivity index (χ3v) is 6.00. The Bertz CT molecular complexity index is 933. The molecule has 1 saturated heterocycles. The number of rotatable bonds is 17. The van der Waals surface area contributed by atoms with Crippen LogP contribution in [-0.2, 0) is 24.0 Å². The number of hydrogen-bond donors (Lipinski definition) is 9. The Morgan fingerprint density at radius 1 is 0.872 bits per heavy atom. The van der Waals surface area contributed by atoms with E-state index in [0.29, 0.717) is 19.3 Å². The molecule has 15 N–H and O–H groups in total. The smallest absolute Gasteiger partial charge is 0.326 e. The molecule has 0 aliphatic carbocycles. The van der Waals surface area contributed by atoms with E-state index in [1.165, 1.54) is 4.90 Å². The van der Waals surface area contributed by atoms with E-state index in [4.69, 9.17) is 34.4 Å². The Hall–Kier alpha value is -4.15. The van der Waals surface area contributed by atoms with E-state index >= 15 is 0 Å². The third-order valence-electron chi connectivity index (χ3n) is 6.00. The number of carbonyl (C=O) groups excluding carboxylic acids is 4. The zero-order valence-electron chi connectivity index (χ0n) is 21.9. The lowest BCUT2D eigenvalue weighted by Gasteiger charge is -2.28. The van der Waals surface area contributed by atoms with Crippen LogP contribution in [0.1, 0.15) is 51.4 Å². The number of amides is 4. The second-order valence-electron chi connectivity index (χ2n) is 9.16. The number of likely N-dealkylation sites (tertiary alicyclic amines) is 1. The van der Waals surface area contributed by atoms with Crippen LogP contribution in [0.3, 0.4) is 0 Å². The van der Waals surface area contributed by atoms with E-state index in [0.717, 1.165) is 0 Å². The lowest BCUT2D eigenvalue weighted by atomic mass is 10.1. The Kier molecular flexibility index (Phi) is 14.0. The number of primary amides is 1. The van der Waals surface area contributed by atoms with E-state index in [1.54, 1.807) is 0 Å². The van der Waals surface area contributed by atoms with Gasteiger partial charge in [0.25, 0.3) is 0 Å². The van der Waals surface area contributed by atoms with Gasteiger partial charge in [0, 0.05) is 26.1 Å². The van der Waals surface area contributed by atoms with Gasteiger partial charge in [-0.2, -0.15) is 0 Å². The predicted molar refractivity (Wildman–Crippen MR) is 142 cm³/mol. The van der Waals surface area contributed by atoms with Crippen molar-refractivity contribution in [2.75, 3.05) is 19.6 Å². The van der Waals surface area contributed by atoms with Crippen molar-refractivity contribution in [3.63, 3.8) is 0 Å². The maximum absolute atomic E-state index is 13.2. The maximum atomic E-state index is 13.2. The van der Waals surface area contributed by atoms with Gasteiger partial charge in [-0.15, -0.1) is 0 Å². The highest BCUT2D eigenvalue weighted by molar-refractivity contribution is 5.94. The highest BCUT2D eigenvalue weighted by Crippen LogP contribution is 2.19. The second kappa shape index (κ2) is 16.6. The van der Waals surface area contributed by atoms with Crippen molar-refractivity contribution in [1.82, 2.24) is 15.5 Å². The average molecular weight is 556 g/mol. The molecule has 0 aromatic carbocycles. The summed E-state index contributed by atoms with van der Waals surface area (Å²) in [6, 6.07) is -4.29. The zero-order chi connectivity index (χ0) is 29.5. The van der Waals surface area contributed by atoms with Gasteiger partial charge in [0.1, 0.15) is 18.1 Å². The Morgan fingerprint density at radius 2 is 1.44 bits per heavy atom. The normalized spacial score (nSPS) is 16.8. The van der Waals surface area contributed by atoms with Crippen LogP contribution >= 0.6 is 0 Å². The Balaban J connectivity index is 2.94. The van der Waals surface area contributed by atoms with Gasteiger partial charge in [-0.3, -0.25) is 29.2 Å². The number of hydrogen-bond acceptors (Lipinski definition) is 8. The number of aliphatic carboxylic acids is 1. The molecule has 4 unspecified atom stereocenters. The fourth-order valence-corrected chi connectivity index (χ4v) is 4.01. The summed E-state index contributed by atoms with van der Waals surface area (Å²) in [5.74, 6) is -3.96. The largest absolute Gasteiger partial charge is 0.480 e. The number of carboxylic acids is 1. The first-order valence-corrected chi connectivity index (χ1v) is 12.6. The first kappa shape index (κ1) is 32.9. The molecule has 0 aromatic heterocycles. The number of nitrogens with one attached hydrogen (secondary N) is 2. The molecule has 17 heteroatoms. The van der Waals surface area contributed by atoms with E-state index in [1.807, 2.05) is 0 Å². The average Bonchev–Trinajstić information content (AvgIpc) is 3.35. The summed E-state index contributed by atoms with van der Waals surface area (Å²) < 4.78 is 0. The number of aliphatic imine (C=N–C) groups is 2. The van der Waals surface area contributed by atoms with Crippen LogP contribution in [-0.4, -0.2) is 95.3 Å². The van der Waals surface area contributed by atoms with Crippen molar-refractivity contribution in [2.45, 2.75) is 75.5 Å². The zero-order valence-corrected chi connectivity index (χ0v) is 21.9. The summed E-state index contributed by atoms with van der Waals surface area (Å²) in [4.78, 5) is 70.8. The van der Waals surface area contributed by atoms with Crippen molar-refractivity contribution < 1.29 is 29.1 Å². The van der Waals surface area contributed by atoms with E-state index in [-0.39, 0.29) is 63.7 Å². The molecule has 0 bridgehead atoms. The second-order valence-corrected chi connectivity index (χ2v) is 9.16. The van der Waals surface area contributed by atoms with Crippen molar-refractivity contribution in [3.8, 4) is 0 Å². The molecule has 0 radical (unpaired) electrons. The number of guanidine groups is 2. The van der Waals surface area contributed by atoms with Crippen molar-refractivity contribution in [2.24, 2.45) is 44.4 Å². The molecule has 220 valence electrons.